The van der Waals surface area contributed by atoms with E-state index in [9.17, 15) is 14.8 Å². The molecule has 1 saturated carbocycles. The van der Waals surface area contributed by atoms with Gasteiger partial charge < -0.3 is 20.6 Å². The number of aliphatic hydroxyl groups excluding tert-OH is 1. The summed E-state index contributed by atoms with van der Waals surface area (Å²) < 4.78 is 15.7. The van der Waals surface area contributed by atoms with Gasteiger partial charge in [-0.1, -0.05) is 11.6 Å². The summed E-state index contributed by atoms with van der Waals surface area (Å²) >= 11 is 5.78. The minimum Gasteiger partial charge on any atom is -0.369 e. The number of nitriles is 1. The highest BCUT2D eigenvalue weighted by Gasteiger charge is 2.36. The van der Waals surface area contributed by atoms with Crippen molar-refractivity contribution in [3.8, 4) is 6.07 Å². The van der Waals surface area contributed by atoms with Crippen molar-refractivity contribution in [1.82, 2.24) is 20.0 Å². The van der Waals surface area contributed by atoms with Gasteiger partial charge in [-0.25, -0.2) is 4.39 Å². The van der Waals surface area contributed by atoms with E-state index in [1.165, 1.54) is 12.1 Å². The maximum absolute atomic E-state index is 13.9. The quantitative estimate of drug-likeness (QED) is 0.684. The third-order valence-corrected chi connectivity index (χ3v) is 6.24. The molecule has 1 unspecified atom stereocenters. The highest BCUT2D eigenvalue weighted by atomic mass is 35.5. The number of anilines is 2. The number of nitrogens with one attached hydrogen (secondary N) is 2. The Morgan fingerprint density at radius 3 is 2.90 bits per heavy atom. The van der Waals surface area contributed by atoms with Crippen molar-refractivity contribution in [2.24, 2.45) is 5.92 Å². The summed E-state index contributed by atoms with van der Waals surface area (Å²) in [6.07, 6.45) is 5.08. The number of aromatic nitrogens is 2. The van der Waals surface area contributed by atoms with Crippen molar-refractivity contribution < 1.29 is 9.50 Å². The van der Waals surface area contributed by atoms with Crippen molar-refractivity contribution in [2.75, 3.05) is 19.4 Å². The summed E-state index contributed by atoms with van der Waals surface area (Å²) in [7, 11) is 4.07. The molecule has 9 heteroatoms. The van der Waals surface area contributed by atoms with Gasteiger partial charge in [0.15, 0.2) is 12.0 Å². The fourth-order valence-electron chi connectivity index (χ4n) is 4.29. The highest BCUT2D eigenvalue weighted by Crippen LogP contribution is 2.40. The Hall–Kier alpha value is -2.60. The molecule has 1 fully saturated rings. The predicted octanol–water partition coefficient (Wildman–Crippen LogP) is 3.78. The molecule has 30 heavy (non-hydrogen) atoms. The standard InChI is InChI=1S/C21H24ClFN6O/c1-28(2)14-4-6-17(12(9-14)11-24)29-18-7-8-25-21(30)19(18)20(27-29)26-13-3-5-15(22)16(23)10-13/h3,5,7-8,10,12,14,17,21,25,30H,4,6,9H2,1-2H3,(H,26,27)/t12-,14+,17+,21?/m1/s1. The molecule has 158 valence electrons. The van der Waals surface area contributed by atoms with Crippen LogP contribution in [0.25, 0.3) is 6.08 Å². The molecule has 4 rings (SSSR count). The molecule has 2 aromatic rings. The van der Waals surface area contributed by atoms with Gasteiger partial charge in [-0.15, -0.1) is 0 Å². The summed E-state index contributed by atoms with van der Waals surface area (Å²) in [4.78, 5) is 2.16. The molecule has 0 spiro atoms. The molecule has 0 amide bonds. The van der Waals surface area contributed by atoms with Crippen LogP contribution in [0.4, 0.5) is 15.9 Å². The van der Waals surface area contributed by atoms with E-state index in [0.717, 1.165) is 25.0 Å². The largest absolute Gasteiger partial charge is 0.369 e. The molecule has 1 aliphatic carbocycles. The van der Waals surface area contributed by atoms with Crippen LogP contribution in [-0.4, -0.2) is 39.9 Å². The second-order valence-electron chi connectivity index (χ2n) is 7.98. The fraction of sp³-hybridized carbons (Fsp3) is 0.429. The summed E-state index contributed by atoms with van der Waals surface area (Å²) in [6.45, 7) is 0. The maximum Gasteiger partial charge on any atom is 0.160 e. The van der Waals surface area contributed by atoms with Gasteiger partial charge in [-0.2, -0.15) is 10.4 Å². The topological polar surface area (TPSA) is 89.1 Å². The smallest absolute Gasteiger partial charge is 0.160 e. The average Bonchev–Trinajstić information content (AvgIpc) is 3.09. The Balaban J connectivity index is 1.71. The van der Waals surface area contributed by atoms with E-state index in [1.807, 2.05) is 24.9 Å². The number of hydrogen-bond acceptors (Lipinski definition) is 6. The summed E-state index contributed by atoms with van der Waals surface area (Å²) in [5.74, 6) is -0.320. The van der Waals surface area contributed by atoms with E-state index in [-0.39, 0.29) is 17.0 Å². The third-order valence-electron chi connectivity index (χ3n) is 5.93. The molecule has 1 aliphatic heterocycles. The Morgan fingerprint density at radius 2 is 2.20 bits per heavy atom. The summed E-state index contributed by atoms with van der Waals surface area (Å²) in [5, 5.41) is 31.1. The first-order valence-electron chi connectivity index (χ1n) is 9.90. The number of benzene rings is 1. The lowest BCUT2D eigenvalue weighted by Gasteiger charge is -2.36. The first-order chi connectivity index (χ1) is 14.4. The molecular weight excluding hydrogens is 407 g/mol. The van der Waals surface area contributed by atoms with Crippen LogP contribution in [0.1, 0.15) is 42.8 Å². The molecule has 7 nitrogen and oxygen atoms in total. The van der Waals surface area contributed by atoms with Gasteiger partial charge in [0.25, 0.3) is 0 Å². The second kappa shape index (κ2) is 8.26. The molecule has 0 radical (unpaired) electrons. The molecule has 0 saturated heterocycles. The Bertz CT molecular complexity index is 1010. The molecule has 4 atom stereocenters. The van der Waals surface area contributed by atoms with Crippen LogP contribution in [0.2, 0.25) is 5.02 Å². The van der Waals surface area contributed by atoms with E-state index >= 15 is 0 Å². The van der Waals surface area contributed by atoms with E-state index < -0.39 is 12.0 Å². The zero-order chi connectivity index (χ0) is 21.4. The first kappa shape index (κ1) is 20.7. The number of rotatable bonds is 4. The lowest BCUT2D eigenvalue weighted by molar-refractivity contribution is 0.150. The van der Waals surface area contributed by atoms with Crippen LogP contribution in [0.5, 0.6) is 0 Å². The van der Waals surface area contributed by atoms with Crippen LogP contribution in [-0.2, 0) is 0 Å². The first-order valence-corrected chi connectivity index (χ1v) is 10.3. The van der Waals surface area contributed by atoms with E-state index in [1.54, 1.807) is 12.3 Å². The van der Waals surface area contributed by atoms with Gasteiger partial charge in [0, 0.05) is 17.9 Å². The second-order valence-corrected chi connectivity index (χ2v) is 8.39. The molecule has 0 bridgehead atoms. The van der Waals surface area contributed by atoms with Crippen molar-refractivity contribution in [3.05, 3.63) is 46.5 Å². The van der Waals surface area contributed by atoms with Crippen LogP contribution in [0, 0.1) is 23.1 Å². The molecule has 3 N–H and O–H groups in total. The lowest BCUT2D eigenvalue weighted by atomic mass is 9.82. The Kier molecular flexibility index (Phi) is 5.69. The van der Waals surface area contributed by atoms with Gasteiger partial charge >= 0.3 is 0 Å². The van der Waals surface area contributed by atoms with Crippen LogP contribution >= 0.6 is 11.6 Å². The van der Waals surface area contributed by atoms with Crippen molar-refractivity contribution in [1.29, 1.82) is 5.26 Å². The molecule has 2 heterocycles. The number of aliphatic hydroxyl groups is 1. The van der Waals surface area contributed by atoms with Gasteiger partial charge in [0.2, 0.25) is 0 Å². The lowest BCUT2D eigenvalue weighted by Crippen LogP contribution is -2.38. The van der Waals surface area contributed by atoms with Gasteiger partial charge in [0.05, 0.1) is 34.3 Å². The fourth-order valence-corrected chi connectivity index (χ4v) is 4.40. The summed E-state index contributed by atoms with van der Waals surface area (Å²) in [6, 6.07) is 7.10. The molecule has 1 aromatic carbocycles. The van der Waals surface area contributed by atoms with E-state index in [4.69, 9.17) is 16.7 Å². The van der Waals surface area contributed by atoms with E-state index in [0.29, 0.717) is 23.1 Å². The zero-order valence-electron chi connectivity index (χ0n) is 16.8. The van der Waals surface area contributed by atoms with Crippen molar-refractivity contribution >= 4 is 29.2 Å². The van der Waals surface area contributed by atoms with Gasteiger partial charge in [0.1, 0.15) is 5.82 Å². The zero-order valence-corrected chi connectivity index (χ0v) is 17.6. The SMILES string of the molecule is CN(C)[C@H]1CC[C@H](n2nc(Nc3ccc(Cl)c(F)c3)c3c2C=CNC3O)[C@@H](C#N)C1. The van der Waals surface area contributed by atoms with Crippen LogP contribution in [0.3, 0.4) is 0 Å². The minimum atomic E-state index is -0.961. The highest BCUT2D eigenvalue weighted by molar-refractivity contribution is 6.30. The van der Waals surface area contributed by atoms with Crippen molar-refractivity contribution in [3.63, 3.8) is 0 Å². The Morgan fingerprint density at radius 1 is 1.40 bits per heavy atom. The molecule has 1 aromatic heterocycles. The predicted molar refractivity (Wildman–Crippen MR) is 114 cm³/mol. The number of halogens is 2. The van der Waals surface area contributed by atoms with E-state index in [2.05, 4.69) is 21.6 Å². The Labute approximate surface area is 179 Å². The number of fused-ring (bicyclic) bond motifs is 1. The molecule has 2 aliphatic rings. The third kappa shape index (κ3) is 3.76. The van der Waals surface area contributed by atoms with Crippen molar-refractivity contribution in [2.45, 2.75) is 37.6 Å². The normalized spacial score (nSPS) is 25.5. The number of hydrogen-bond donors (Lipinski definition) is 3. The van der Waals surface area contributed by atoms with Gasteiger partial charge in [-0.3, -0.25) is 4.68 Å². The monoisotopic (exact) mass is 430 g/mol. The van der Waals surface area contributed by atoms with Crippen LogP contribution in [0.15, 0.2) is 24.4 Å². The minimum absolute atomic E-state index is 0.0345. The maximum atomic E-state index is 13.9. The summed E-state index contributed by atoms with van der Waals surface area (Å²) in [5.41, 5.74) is 1.78. The number of nitrogens with zero attached hydrogens (tertiary/aromatic N) is 4. The van der Waals surface area contributed by atoms with Gasteiger partial charge in [-0.05, 0) is 57.6 Å². The van der Waals surface area contributed by atoms with Crippen LogP contribution < -0.4 is 10.6 Å². The molecular formula is C21H24ClFN6O. The average molecular weight is 431 g/mol.